The normalized spacial score (nSPS) is 18.3. The smallest absolute Gasteiger partial charge is 0.232 e. The molecule has 0 radical (unpaired) electrons. The van der Waals surface area contributed by atoms with Gasteiger partial charge in [-0.05, 0) is 31.4 Å². The van der Waals surface area contributed by atoms with Crippen molar-refractivity contribution in [2.45, 2.75) is 38.6 Å². The van der Waals surface area contributed by atoms with Crippen LogP contribution in [0.4, 0.5) is 0 Å². The third-order valence-corrected chi connectivity index (χ3v) is 5.47. The van der Waals surface area contributed by atoms with Crippen LogP contribution in [0, 0.1) is 11.8 Å². The molecule has 1 aliphatic heterocycles. The average molecular weight is 409 g/mol. The van der Waals surface area contributed by atoms with Gasteiger partial charge in [-0.15, -0.1) is 11.8 Å². The first-order valence-electron chi connectivity index (χ1n) is 9.45. The summed E-state index contributed by atoms with van der Waals surface area (Å²) in [5.74, 6) is 6.95. The zero-order valence-corrected chi connectivity index (χ0v) is 17.5. The number of nitrogens with zero attached hydrogens (tertiary/aromatic N) is 3. The van der Waals surface area contributed by atoms with Crippen molar-refractivity contribution in [3.8, 4) is 17.7 Å². The first-order valence-corrected chi connectivity index (χ1v) is 10.4. The van der Waals surface area contributed by atoms with Crippen molar-refractivity contribution < 1.29 is 9.53 Å². The standard InChI is InChI=1S/C22H24N4O2S/c1-3-4-5-10-28-20-15-24-18(14-25-20)19(27)13-16-7-6-8-17(12-16)22(2)9-11-29-21(23)26-22/h6-8,12,14-15H,5,9-11,13H2,1-2H3,(H2,23,26)/t22-/m0/s1. The first kappa shape index (κ1) is 20.9. The summed E-state index contributed by atoms with van der Waals surface area (Å²) >= 11 is 1.58. The van der Waals surface area contributed by atoms with E-state index in [4.69, 9.17) is 10.5 Å². The Morgan fingerprint density at radius 3 is 2.93 bits per heavy atom. The number of amidine groups is 1. The second-order valence-electron chi connectivity index (χ2n) is 6.89. The lowest BCUT2D eigenvalue weighted by Gasteiger charge is -2.30. The van der Waals surface area contributed by atoms with Crippen molar-refractivity contribution in [3.05, 3.63) is 53.5 Å². The molecule has 7 heteroatoms. The highest BCUT2D eigenvalue weighted by molar-refractivity contribution is 8.13. The maximum atomic E-state index is 12.6. The third kappa shape index (κ3) is 5.58. The molecule has 1 aromatic heterocycles. The molecule has 0 unspecified atom stereocenters. The lowest BCUT2D eigenvalue weighted by Crippen LogP contribution is -2.28. The fourth-order valence-electron chi connectivity index (χ4n) is 3.05. The Balaban J connectivity index is 1.66. The van der Waals surface area contributed by atoms with Crippen LogP contribution in [0.5, 0.6) is 5.88 Å². The molecule has 29 heavy (non-hydrogen) atoms. The summed E-state index contributed by atoms with van der Waals surface area (Å²) in [5, 5.41) is 0.611. The van der Waals surface area contributed by atoms with Crippen molar-refractivity contribution >= 4 is 22.7 Å². The summed E-state index contributed by atoms with van der Waals surface area (Å²) in [4.78, 5) is 25.6. The van der Waals surface area contributed by atoms with Gasteiger partial charge >= 0.3 is 0 Å². The summed E-state index contributed by atoms with van der Waals surface area (Å²) in [5.41, 5.74) is 7.88. The summed E-state index contributed by atoms with van der Waals surface area (Å²) in [6, 6.07) is 7.97. The summed E-state index contributed by atoms with van der Waals surface area (Å²) in [7, 11) is 0. The second kappa shape index (κ2) is 9.57. The highest BCUT2D eigenvalue weighted by Gasteiger charge is 2.29. The number of aromatic nitrogens is 2. The molecule has 2 heterocycles. The molecule has 0 spiro atoms. The van der Waals surface area contributed by atoms with Gasteiger partial charge in [0.15, 0.2) is 11.0 Å². The zero-order valence-electron chi connectivity index (χ0n) is 16.6. The van der Waals surface area contributed by atoms with Gasteiger partial charge in [0.1, 0.15) is 12.3 Å². The molecule has 2 N–H and O–H groups in total. The second-order valence-corrected chi connectivity index (χ2v) is 8.00. The largest absolute Gasteiger partial charge is 0.476 e. The Morgan fingerprint density at radius 2 is 2.21 bits per heavy atom. The van der Waals surface area contributed by atoms with E-state index in [1.165, 1.54) is 12.4 Å². The molecule has 0 aliphatic carbocycles. The Labute approximate surface area is 175 Å². The molecule has 0 saturated carbocycles. The van der Waals surface area contributed by atoms with Crippen LogP contribution in [0.15, 0.2) is 41.7 Å². The first-order chi connectivity index (χ1) is 14.0. The van der Waals surface area contributed by atoms with Gasteiger partial charge in [0, 0.05) is 18.6 Å². The number of nitrogens with two attached hydrogens (primary N) is 1. The topological polar surface area (TPSA) is 90.5 Å². The molecule has 1 atom stereocenters. The minimum atomic E-state index is -0.352. The lowest BCUT2D eigenvalue weighted by molar-refractivity contribution is 0.0987. The number of hydrogen-bond donors (Lipinski definition) is 1. The predicted molar refractivity (Wildman–Crippen MR) is 116 cm³/mol. The van der Waals surface area contributed by atoms with Gasteiger partial charge in [-0.3, -0.25) is 9.79 Å². The molecule has 0 fully saturated rings. The minimum absolute atomic E-state index is 0.0922. The van der Waals surface area contributed by atoms with Gasteiger partial charge in [-0.2, -0.15) is 0 Å². The number of hydrogen-bond acceptors (Lipinski definition) is 7. The average Bonchev–Trinajstić information content (AvgIpc) is 2.72. The van der Waals surface area contributed by atoms with Gasteiger partial charge < -0.3 is 10.5 Å². The number of aliphatic imine (C=N–C) groups is 1. The summed E-state index contributed by atoms with van der Waals surface area (Å²) in [6.07, 6.45) is 4.72. The van der Waals surface area contributed by atoms with Crippen LogP contribution in [0.2, 0.25) is 0 Å². The molecule has 6 nitrogen and oxygen atoms in total. The SMILES string of the molecule is CC#CCCOc1cnc(C(=O)Cc2cccc([C@]3(C)CCSC(N)=N3)c2)cn1. The van der Waals surface area contributed by atoms with E-state index in [1.54, 1.807) is 18.7 Å². The Morgan fingerprint density at radius 1 is 1.34 bits per heavy atom. The Hall–Kier alpha value is -2.85. The molecule has 0 saturated heterocycles. The van der Waals surface area contributed by atoms with E-state index in [0.29, 0.717) is 29.8 Å². The van der Waals surface area contributed by atoms with E-state index < -0.39 is 0 Å². The lowest BCUT2D eigenvalue weighted by atomic mass is 9.88. The van der Waals surface area contributed by atoms with Crippen molar-refractivity contribution in [3.63, 3.8) is 0 Å². The summed E-state index contributed by atoms with van der Waals surface area (Å²) in [6.45, 7) is 4.31. The van der Waals surface area contributed by atoms with Gasteiger partial charge in [-0.1, -0.05) is 36.0 Å². The van der Waals surface area contributed by atoms with Crippen LogP contribution in [-0.4, -0.2) is 33.3 Å². The van der Waals surface area contributed by atoms with E-state index >= 15 is 0 Å². The summed E-state index contributed by atoms with van der Waals surface area (Å²) < 4.78 is 5.45. The molecular formula is C22H24N4O2S. The fraction of sp³-hybridized carbons (Fsp3) is 0.364. The van der Waals surface area contributed by atoms with E-state index in [2.05, 4.69) is 33.7 Å². The van der Waals surface area contributed by atoms with Crippen LogP contribution in [0.25, 0.3) is 0 Å². The Kier molecular flexibility index (Phi) is 6.89. The number of ketones is 1. The monoisotopic (exact) mass is 408 g/mol. The number of ether oxygens (including phenoxy) is 1. The van der Waals surface area contributed by atoms with Crippen LogP contribution in [0.1, 0.15) is 48.3 Å². The van der Waals surface area contributed by atoms with E-state index in [0.717, 1.165) is 23.3 Å². The number of thioether (sulfide) groups is 1. The van der Waals surface area contributed by atoms with Crippen LogP contribution in [0.3, 0.4) is 0 Å². The van der Waals surface area contributed by atoms with E-state index in [-0.39, 0.29) is 17.7 Å². The minimum Gasteiger partial charge on any atom is -0.476 e. The van der Waals surface area contributed by atoms with Crippen LogP contribution < -0.4 is 10.5 Å². The van der Waals surface area contributed by atoms with Gasteiger partial charge in [0.2, 0.25) is 5.88 Å². The van der Waals surface area contributed by atoms with Crippen molar-refractivity contribution in [2.24, 2.45) is 10.7 Å². The van der Waals surface area contributed by atoms with Crippen molar-refractivity contribution in [1.29, 1.82) is 0 Å². The predicted octanol–water partition coefficient (Wildman–Crippen LogP) is 3.36. The maximum Gasteiger partial charge on any atom is 0.232 e. The number of rotatable bonds is 7. The van der Waals surface area contributed by atoms with Gasteiger partial charge in [0.25, 0.3) is 0 Å². The van der Waals surface area contributed by atoms with Crippen LogP contribution >= 0.6 is 11.8 Å². The third-order valence-electron chi connectivity index (χ3n) is 4.68. The quantitative estimate of drug-likeness (QED) is 0.429. The maximum absolute atomic E-state index is 12.6. The van der Waals surface area contributed by atoms with Crippen LogP contribution in [-0.2, 0) is 12.0 Å². The fourth-order valence-corrected chi connectivity index (χ4v) is 4.03. The highest BCUT2D eigenvalue weighted by Crippen LogP contribution is 2.35. The molecule has 0 amide bonds. The Bertz CT molecular complexity index is 963. The molecular weight excluding hydrogens is 384 g/mol. The van der Waals surface area contributed by atoms with E-state index in [1.807, 2.05) is 24.3 Å². The van der Waals surface area contributed by atoms with Gasteiger partial charge in [-0.25, -0.2) is 9.97 Å². The van der Waals surface area contributed by atoms with E-state index in [9.17, 15) is 4.79 Å². The van der Waals surface area contributed by atoms with Gasteiger partial charge in [0.05, 0.1) is 17.9 Å². The molecule has 150 valence electrons. The number of carbonyl (C=O) groups is 1. The number of Topliss-reactive ketones (excluding diaryl/α,β-unsaturated/α-hetero) is 1. The number of carbonyl (C=O) groups excluding carboxylic acids is 1. The zero-order chi connectivity index (χ0) is 20.7. The molecule has 2 aromatic rings. The van der Waals surface area contributed by atoms with Crippen molar-refractivity contribution in [1.82, 2.24) is 9.97 Å². The number of benzene rings is 1. The highest BCUT2D eigenvalue weighted by atomic mass is 32.2. The van der Waals surface area contributed by atoms with Crippen molar-refractivity contribution in [2.75, 3.05) is 12.4 Å². The molecule has 0 bridgehead atoms. The molecule has 3 rings (SSSR count). The molecule has 1 aliphatic rings. The molecule has 1 aromatic carbocycles.